The van der Waals surface area contributed by atoms with E-state index < -0.39 is 0 Å². The summed E-state index contributed by atoms with van der Waals surface area (Å²) in [6.07, 6.45) is 0. The van der Waals surface area contributed by atoms with Crippen LogP contribution in [0.3, 0.4) is 0 Å². The maximum absolute atomic E-state index is 12.1. The normalized spacial score (nSPS) is 10.3. The van der Waals surface area contributed by atoms with Gasteiger partial charge in [0.25, 0.3) is 0 Å². The first-order valence-electron chi connectivity index (χ1n) is 6.28. The molecule has 2 aromatic rings. The molecule has 0 radical (unpaired) electrons. The molecular formula is C16H15Cl2NO. The van der Waals surface area contributed by atoms with Gasteiger partial charge < -0.3 is 4.90 Å². The first-order chi connectivity index (χ1) is 9.61. The number of carbonyl (C=O) groups is 1. The van der Waals surface area contributed by atoms with Gasteiger partial charge in [-0.25, -0.2) is 0 Å². The number of nitrogens with zero attached hydrogens (tertiary/aromatic N) is 1. The molecular weight excluding hydrogens is 293 g/mol. The van der Waals surface area contributed by atoms with E-state index in [1.165, 1.54) is 0 Å². The van der Waals surface area contributed by atoms with Crippen LogP contribution in [0.5, 0.6) is 0 Å². The number of carbonyl (C=O) groups excluding carboxylic acids is 1. The topological polar surface area (TPSA) is 20.3 Å². The third kappa shape index (κ3) is 3.53. The summed E-state index contributed by atoms with van der Waals surface area (Å²) in [5, 5.41) is 0.603. The molecule has 2 nitrogen and oxygen atoms in total. The molecule has 0 saturated heterocycles. The molecule has 0 spiro atoms. The van der Waals surface area contributed by atoms with E-state index in [1.807, 2.05) is 49.4 Å². The van der Waals surface area contributed by atoms with Crippen LogP contribution in [0, 0.1) is 6.92 Å². The molecule has 104 valence electrons. The van der Waals surface area contributed by atoms with Gasteiger partial charge in [0, 0.05) is 10.7 Å². The van der Waals surface area contributed by atoms with Crippen LogP contribution >= 0.6 is 23.2 Å². The molecule has 0 aromatic heterocycles. The van der Waals surface area contributed by atoms with E-state index in [0.29, 0.717) is 11.6 Å². The number of hydrogen-bond donors (Lipinski definition) is 0. The molecule has 0 saturated carbocycles. The van der Waals surface area contributed by atoms with E-state index in [1.54, 1.807) is 11.0 Å². The largest absolute Gasteiger partial charge is 0.307 e. The lowest BCUT2D eigenvalue weighted by Crippen LogP contribution is -2.31. The monoisotopic (exact) mass is 307 g/mol. The van der Waals surface area contributed by atoms with Gasteiger partial charge in [-0.2, -0.15) is 0 Å². The standard InChI is InChI=1S/C16H15Cl2NO/c1-12-7-8-14(18)9-15(12)19(16(20)10-17)11-13-5-3-2-4-6-13/h2-9H,10-11H2,1H3. The van der Waals surface area contributed by atoms with Gasteiger partial charge in [0.2, 0.25) is 5.91 Å². The van der Waals surface area contributed by atoms with Crippen LogP contribution in [0.2, 0.25) is 5.02 Å². The summed E-state index contributed by atoms with van der Waals surface area (Å²) < 4.78 is 0. The molecule has 0 aliphatic carbocycles. The lowest BCUT2D eigenvalue weighted by Gasteiger charge is -2.24. The minimum absolute atomic E-state index is 0.0568. The van der Waals surface area contributed by atoms with E-state index in [0.717, 1.165) is 16.8 Å². The molecule has 0 fully saturated rings. The van der Waals surface area contributed by atoms with Crippen LogP contribution in [0.25, 0.3) is 0 Å². The van der Waals surface area contributed by atoms with Crippen molar-refractivity contribution in [1.29, 1.82) is 0 Å². The first-order valence-corrected chi connectivity index (χ1v) is 7.19. The van der Waals surface area contributed by atoms with Gasteiger partial charge in [-0.15, -0.1) is 11.6 Å². The van der Waals surface area contributed by atoms with Crippen molar-refractivity contribution in [3.63, 3.8) is 0 Å². The van der Waals surface area contributed by atoms with Crippen molar-refractivity contribution in [3.05, 3.63) is 64.7 Å². The molecule has 0 aliphatic rings. The molecule has 20 heavy (non-hydrogen) atoms. The third-order valence-corrected chi connectivity index (χ3v) is 3.52. The minimum atomic E-state index is -0.138. The number of rotatable bonds is 4. The fourth-order valence-electron chi connectivity index (χ4n) is 2.02. The van der Waals surface area contributed by atoms with Crippen molar-refractivity contribution in [3.8, 4) is 0 Å². The van der Waals surface area contributed by atoms with Crippen molar-refractivity contribution in [2.45, 2.75) is 13.5 Å². The quantitative estimate of drug-likeness (QED) is 0.766. The summed E-state index contributed by atoms with van der Waals surface area (Å²) in [6, 6.07) is 15.3. The highest BCUT2D eigenvalue weighted by Crippen LogP contribution is 2.26. The van der Waals surface area contributed by atoms with Crippen molar-refractivity contribution in [2.24, 2.45) is 0 Å². The summed E-state index contributed by atoms with van der Waals surface area (Å²) in [7, 11) is 0. The van der Waals surface area contributed by atoms with Crippen LogP contribution in [0.15, 0.2) is 48.5 Å². The number of hydrogen-bond acceptors (Lipinski definition) is 1. The van der Waals surface area contributed by atoms with Gasteiger partial charge in [0.05, 0.1) is 6.54 Å². The van der Waals surface area contributed by atoms with Crippen molar-refractivity contribution < 1.29 is 4.79 Å². The zero-order valence-corrected chi connectivity index (χ0v) is 12.7. The Labute approximate surface area is 128 Å². The average Bonchev–Trinajstić information content (AvgIpc) is 2.48. The molecule has 0 N–H and O–H groups in total. The molecule has 1 amide bonds. The van der Waals surface area contributed by atoms with Crippen LogP contribution in [-0.2, 0) is 11.3 Å². The van der Waals surface area contributed by atoms with Crippen molar-refractivity contribution >= 4 is 34.8 Å². The highest BCUT2D eigenvalue weighted by atomic mass is 35.5. The zero-order valence-electron chi connectivity index (χ0n) is 11.1. The fraction of sp³-hybridized carbons (Fsp3) is 0.188. The predicted molar refractivity (Wildman–Crippen MR) is 84.5 cm³/mol. The number of amides is 1. The number of alkyl halides is 1. The molecule has 0 atom stereocenters. The summed E-state index contributed by atoms with van der Waals surface area (Å²) in [4.78, 5) is 13.8. The second-order valence-corrected chi connectivity index (χ2v) is 5.23. The van der Waals surface area contributed by atoms with Crippen LogP contribution in [-0.4, -0.2) is 11.8 Å². The maximum Gasteiger partial charge on any atom is 0.242 e. The Hall–Kier alpha value is -1.51. The predicted octanol–water partition coefficient (Wildman–Crippen LogP) is 4.42. The Balaban J connectivity index is 2.37. The minimum Gasteiger partial charge on any atom is -0.307 e. The molecule has 0 unspecified atom stereocenters. The van der Waals surface area contributed by atoms with Gasteiger partial charge in [-0.3, -0.25) is 4.79 Å². The second kappa shape index (κ2) is 6.78. The fourth-order valence-corrected chi connectivity index (χ4v) is 2.33. The molecule has 4 heteroatoms. The van der Waals surface area contributed by atoms with Gasteiger partial charge >= 0.3 is 0 Å². The lowest BCUT2D eigenvalue weighted by molar-refractivity contribution is -0.116. The van der Waals surface area contributed by atoms with Gasteiger partial charge in [0.1, 0.15) is 5.88 Å². The second-order valence-electron chi connectivity index (χ2n) is 4.53. The van der Waals surface area contributed by atoms with Gasteiger partial charge in [0.15, 0.2) is 0 Å². The summed E-state index contributed by atoms with van der Waals surface area (Å²) in [5.41, 5.74) is 2.83. The Bertz CT molecular complexity index is 599. The van der Waals surface area contributed by atoms with Crippen molar-refractivity contribution in [1.82, 2.24) is 0 Å². The Morgan fingerprint density at radius 2 is 1.85 bits per heavy atom. The van der Waals surface area contributed by atoms with Crippen LogP contribution in [0.1, 0.15) is 11.1 Å². The molecule has 0 heterocycles. The van der Waals surface area contributed by atoms with Crippen molar-refractivity contribution in [2.75, 3.05) is 10.8 Å². The summed E-state index contributed by atoms with van der Waals surface area (Å²) >= 11 is 11.8. The number of anilines is 1. The Morgan fingerprint density at radius 3 is 2.50 bits per heavy atom. The van der Waals surface area contributed by atoms with E-state index >= 15 is 0 Å². The molecule has 2 aromatic carbocycles. The van der Waals surface area contributed by atoms with E-state index in [4.69, 9.17) is 23.2 Å². The summed E-state index contributed by atoms with van der Waals surface area (Å²) in [5.74, 6) is -0.195. The van der Waals surface area contributed by atoms with Crippen LogP contribution < -0.4 is 4.90 Å². The Morgan fingerprint density at radius 1 is 1.15 bits per heavy atom. The van der Waals surface area contributed by atoms with E-state index in [2.05, 4.69) is 0 Å². The van der Waals surface area contributed by atoms with Crippen LogP contribution in [0.4, 0.5) is 5.69 Å². The highest BCUT2D eigenvalue weighted by molar-refractivity contribution is 6.31. The lowest BCUT2D eigenvalue weighted by atomic mass is 10.1. The smallest absolute Gasteiger partial charge is 0.242 e. The Kier molecular flexibility index (Phi) is 5.05. The molecule has 2 rings (SSSR count). The number of halogens is 2. The maximum atomic E-state index is 12.1. The third-order valence-electron chi connectivity index (χ3n) is 3.06. The average molecular weight is 308 g/mol. The molecule has 0 aliphatic heterocycles. The van der Waals surface area contributed by atoms with Gasteiger partial charge in [-0.1, -0.05) is 48.0 Å². The first kappa shape index (κ1) is 14.9. The SMILES string of the molecule is Cc1ccc(Cl)cc1N(Cc1ccccc1)C(=O)CCl. The zero-order chi connectivity index (χ0) is 14.5. The van der Waals surface area contributed by atoms with E-state index in [9.17, 15) is 4.79 Å². The highest BCUT2D eigenvalue weighted by Gasteiger charge is 2.17. The number of benzene rings is 2. The van der Waals surface area contributed by atoms with Gasteiger partial charge in [-0.05, 0) is 30.2 Å². The summed E-state index contributed by atoms with van der Waals surface area (Å²) in [6.45, 7) is 2.43. The van der Waals surface area contributed by atoms with E-state index in [-0.39, 0.29) is 11.8 Å². The molecule has 0 bridgehead atoms. The number of aryl methyl sites for hydroxylation is 1.